The minimum atomic E-state index is -3.37. The van der Waals surface area contributed by atoms with Crippen LogP contribution in [0.1, 0.15) is 10.4 Å². The topological polar surface area (TPSA) is 75.7 Å². The SMILES string of the molecule is O=C(NCCS(=O)(=O)N1CCOCC1)c1ccc(-c2ccccc2)cc1. The molecule has 1 heterocycles. The number of hydrogen-bond acceptors (Lipinski definition) is 4. The molecule has 26 heavy (non-hydrogen) atoms. The minimum absolute atomic E-state index is 0.0823. The van der Waals surface area contributed by atoms with Crippen molar-refractivity contribution in [3.8, 4) is 11.1 Å². The van der Waals surface area contributed by atoms with Gasteiger partial charge < -0.3 is 10.1 Å². The van der Waals surface area contributed by atoms with Gasteiger partial charge in [-0.2, -0.15) is 4.31 Å². The van der Waals surface area contributed by atoms with E-state index in [1.54, 1.807) is 12.1 Å². The molecule has 0 atom stereocenters. The Hall–Kier alpha value is -2.22. The van der Waals surface area contributed by atoms with Crippen LogP contribution in [0.4, 0.5) is 0 Å². The highest BCUT2D eigenvalue weighted by atomic mass is 32.2. The zero-order valence-electron chi connectivity index (χ0n) is 14.4. The van der Waals surface area contributed by atoms with Crippen molar-refractivity contribution in [1.82, 2.24) is 9.62 Å². The van der Waals surface area contributed by atoms with Crippen LogP contribution in [-0.2, 0) is 14.8 Å². The van der Waals surface area contributed by atoms with Crippen molar-refractivity contribution in [2.45, 2.75) is 0 Å². The van der Waals surface area contributed by atoms with Gasteiger partial charge in [-0.25, -0.2) is 8.42 Å². The number of nitrogens with zero attached hydrogens (tertiary/aromatic N) is 1. The van der Waals surface area contributed by atoms with E-state index in [-0.39, 0.29) is 18.2 Å². The van der Waals surface area contributed by atoms with Crippen LogP contribution in [0.15, 0.2) is 54.6 Å². The fraction of sp³-hybridized carbons (Fsp3) is 0.316. The highest BCUT2D eigenvalue weighted by molar-refractivity contribution is 7.89. The number of rotatable bonds is 6. The van der Waals surface area contributed by atoms with E-state index in [4.69, 9.17) is 4.74 Å². The van der Waals surface area contributed by atoms with Gasteiger partial charge in [0.15, 0.2) is 0 Å². The van der Waals surface area contributed by atoms with Crippen LogP contribution >= 0.6 is 0 Å². The van der Waals surface area contributed by atoms with E-state index in [1.807, 2.05) is 42.5 Å². The van der Waals surface area contributed by atoms with Gasteiger partial charge in [0.25, 0.3) is 5.91 Å². The largest absolute Gasteiger partial charge is 0.379 e. The van der Waals surface area contributed by atoms with Crippen molar-refractivity contribution >= 4 is 15.9 Å². The molecule has 6 nitrogen and oxygen atoms in total. The van der Waals surface area contributed by atoms with Crippen LogP contribution < -0.4 is 5.32 Å². The standard InChI is InChI=1S/C19H22N2O4S/c22-19(20-10-15-26(23,24)21-11-13-25-14-12-21)18-8-6-17(7-9-18)16-4-2-1-3-5-16/h1-9H,10-15H2,(H,20,22). The molecule has 138 valence electrons. The molecular weight excluding hydrogens is 352 g/mol. The molecule has 1 fully saturated rings. The summed E-state index contributed by atoms with van der Waals surface area (Å²) < 4.78 is 31.0. The molecule has 2 aromatic carbocycles. The first-order valence-corrected chi connectivity index (χ1v) is 10.2. The highest BCUT2D eigenvalue weighted by Crippen LogP contribution is 2.19. The molecule has 1 saturated heterocycles. The second-order valence-corrected chi connectivity index (χ2v) is 8.12. The molecule has 0 aromatic heterocycles. The fourth-order valence-electron chi connectivity index (χ4n) is 2.79. The van der Waals surface area contributed by atoms with Crippen molar-refractivity contribution < 1.29 is 17.9 Å². The molecule has 1 aliphatic heterocycles. The van der Waals surface area contributed by atoms with E-state index in [1.165, 1.54) is 4.31 Å². The summed E-state index contributed by atoms with van der Waals surface area (Å²) in [6, 6.07) is 17.1. The number of carbonyl (C=O) groups is 1. The Morgan fingerprint density at radius 2 is 1.58 bits per heavy atom. The lowest BCUT2D eigenvalue weighted by atomic mass is 10.0. The summed E-state index contributed by atoms with van der Waals surface area (Å²) in [5.74, 6) is -0.386. The summed E-state index contributed by atoms with van der Waals surface area (Å²) >= 11 is 0. The molecule has 0 aliphatic carbocycles. The van der Waals surface area contributed by atoms with Crippen LogP contribution in [0.25, 0.3) is 11.1 Å². The molecule has 2 aromatic rings. The Kier molecular flexibility index (Phi) is 6.03. The zero-order chi connectivity index (χ0) is 18.4. The Balaban J connectivity index is 1.53. The summed E-state index contributed by atoms with van der Waals surface area (Å²) in [6.07, 6.45) is 0. The minimum Gasteiger partial charge on any atom is -0.379 e. The van der Waals surface area contributed by atoms with Gasteiger partial charge in [-0.15, -0.1) is 0 Å². The second-order valence-electron chi connectivity index (χ2n) is 6.03. The third-order valence-electron chi connectivity index (χ3n) is 4.26. The third kappa shape index (κ3) is 4.69. The van der Waals surface area contributed by atoms with Crippen molar-refractivity contribution in [2.75, 3.05) is 38.6 Å². The predicted molar refractivity (Wildman–Crippen MR) is 100 cm³/mol. The number of hydrogen-bond donors (Lipinski definition) is 1. The number of carbonyl (C=O) groups excluding carboxylic acids is 1. The molecule has 1 aliphatic rings. The van der Waals surface area contributed by atoms with Gasteiger partial charge in [0, 0.05) is 25.2 Å². The van der Waals surface area contributed by atoms with Crippen LogP contribution in [0.3, 0.4) is 0 Å². The van der Waals surface area contributed by atoms with Gasteiger partial charge in [0.2, 0.25) is 10.0 Å². The number of morpholine rings is 1. The van der Waals surface area contributed by atoms with E-state index in [0.29, 0.717) is 31.9 Å². The van der Waals surface area contributed by atoms with Gasteiger partial charge in [0.05, 0.1) is 19.0 Å². The van der Waals surface area contributed by atoms with E-state index in [9.17, 15) is 13.2 Å². The summed E-state index contributed by atoms with van der Waals surface area (Å²) in [5.41, 5.74) is 2.61. The Labute approximate surface area is 153 Å². The van der Waals surface area contributed by atoms with Gasteiger partial charge in [-0.3, -0.25) is 4.79 Å². The van der Waals surface area contributed by atoms with E-state index < -0.39 is 10.0 Å². The summed E-state index contributed by atoms with van der Waals surface area (Å²) in [6.45, 7) is 1.66. The zero-order valence-corrected chi connectivity index (χ0v) is 15.2. The summed E-state index contributed by atoms with van der Waals surface area (Å²) in [5, 5.41) is 2.68. The molecule has 0 unspecified atom stereocenters. The molecule has 3 rings (SSSR count). The lowest BCUT2D eigenvalue weighted by Gasteiger charge is -2.26. The van der Waals surface area contributed by atoms with Gasteiger partial charge in [-0.05, 0) is 23.3 Å². The van der Waals surface area contributed by atoms with Crippen molar-refractivity contribution in [2.24, 2.45) is 0 Å². The predicted octanol–water partition coefficient (Wildman–Crippen LogP) is 1.75. The highest BCUT2D eigenvalue weighted by Gasteiger charge is 2.24. The van der Waals surface area contributed by atoms with Crippen molar-refractivity contribution in [3.63, 3.8) is 0 Å². The molecule has 1 N–H and O–H groups in total. The van der Waals surface area contributed by atoms with E-state index in [2.05, 4.69) is 5.32 Å². The molecule has 0 radical (unpaired) electrons. The summed E-state index contributed by atoms with van der Waals surface area (Å²) in [7, 11) is -3.37. The van der Waals surface area contributed by atoms with Crippen molar-refractivity contribution in [3.05, 3.63) is 60.2 Å². The van der Waals surface area contributed by atoms with Gasteiger partial charge >= 0.3 is 0 Å². The van der Waals surface area contributed by atoms with E-state index >= 15 is 0 Å². The lowest BCUT2D eigenvalue weighted by Crippen LogP contribution is -2.43. The Bertz CT molecular complexity index is 830. The quantitative estimate of drug-likeness (QED) is 0.836. The molecule has 0 saturated carbocycles. The Morgan fingerprint density at radius 1 is 0.962 bits per heavy atom. The molecular formula is C19H22N2O4S. The van der Waals surface area contributed by atoms with E-state index in [0.717, 1.165) is 11.1 Å². The average Bonchev–Trinajstić information content (AvgIpc) is 2.69. The smallest absolute Gasteiger partial charge is 0.251 e. The third-order valence-corrected chi connectivity index (χ3v) is 6.14. The van der Waals surface area contributed by atoms with Crippen LogP contribution in [-0.4, -0.2) is 57.2 Å². The van der Waals surface area contributed by atoms with Crippen LogP contribution in [0.2, 0.25) is 0 Å². The van der Waals surface area contributed by atoms with Gasteiger partial charge in [0.1, 0.15) is 0 Å². The Morgan fingerprint density at radius 3 is 2.23 bits per heavy atom. The first-order chi connectivity index (χ1) is 12.6. The molecule has 0 bridgehead atoms. The van der Waals surface area contributed by atoms with Crippen LogP contribution in [0, 0.1) is 0 Å². The summed E-state index contributed by atoms with van der Waals surface area (Å²) in [4.78, 5) is 12.2. The maximum Gasteiger partial charge on any atom is 0.251 e. The first-order valence-electron chi connectivity index (χ1n) is 8.55. The normalized spacial score (nSPS) is 15.5. The second kappa shape index (κ2) is 8.44. The number of nitrogens with one attached hydrogen (secondary N) is 1. The number of amides is 1. The maximum atomic E-state index is 12.2. The molecule has 0 spiro atoms. The van der Waals surface area contributed by atoms with Gasteiger partial charge in [-0.1, -0.05) is 42.5 Å². The molecule has 7 heteroatoms. The number of ether oxygens (including phenoxy) is 1. The first kappa shape index (κ1) is 18.6. The number of sulfonamides is 1. The molecule has 1 amide bonds. The monoisotopic (exact) mass is 374 g/mol. The lowest BCUT2D eigenvalue weighted by molar-refractivity contribution is 0.0730. The van der Waals surface area contributed by atoms with Crippen molar-refractivity contribution in [1.29, 1.82) is 0 Å². The van der Waals surface area contributed by atoms with Crippen LogP contribution in [0.5, 0.6) is 0 Å². The maximum absolute atomic E-state index is 12.2. The fourth-order valence-corrected chi connectivity index (χ4v) is 4.12. The number of benzene rings is 2. The average molecular weight is 374 g/mol.